The number of hydrogen-bond donors (Lipinski definition) is 1. The van der Waals surface area contributed by atoms with Crippen molar-refractivity contribution < 1.29 is 0 Å². The van der Waals surface area contributed by atoms with Crippen molar-refractivity contribution in [2.75, 3.05) is 6.54 Å². The first kappa shape index (κ1) is 6.79. The van der Waals surface area contributed by atoms with Gasteiger partial charge in [-0.25, -0.2) is 0 Å². The summed E-state index contributed by atoms with van der Waals surface area (Å²) in [7, 11) is 0. The lowest BCUT2D eigenvalue weighted by atomic mass is 10.2. The molecule has 4 heteroatoms. The molecule has 1 saturated heterocycles. The zero-order valence-electron chi connectivity index (χ0n) is 6.40. The summed E-state index contributed by atoms with van der Waals surface area (Å²) in [4.78, 5) is 0. The Labute approximate surface area is 65.6 Å². The SMILES string of the molecule is c1cn(CC2CCCN2)nn1. The zero-order valence-corrected chi connectivity index (χ0v) is 6.40. The largest absolute Gasteiger partial charge is 0.312 e. The first-order valence-corrected chi connectivity index (χ1v) is 4.02. The molecule has 1 aliphatic heterocycles. The third-order valence-electron chi connectivity index (χ3n) is 2.04. The summed E-state index contributed by atoms with van der Waals surface area (Å²) in [5.74, 6) is 0. The second kappa shape index (κ2) is 3.00. The van der Waals surface area contributed by atoms with Crippen molar-refractivity contribution in [3.63, 3.8) is 0 Å². The van der Waals surface area contributed by atoms with Gasteiger partial charge in [-0.1, -0.05) is 5.21 Å². The molecule has 1 aromatic heterocycles. The van der Waals surface area contributed by atoms with Gasteiger partial charge < -0.3 is 5.32 Å². The predicted octanol–water partition coefficient (Wildman–Crippen LogP) is 0.0301. The molecular weight excluding hydrogens is 140 g/mol. The summed E-state index contributed by atoms with van der Waals surface area (Å²) >= 11 is 0. The third-order valence-corrected chi connectivity index (χ3v) is 2.04. The van der Waals surface area contributed by atoms with Gasteiger partial charge in [-0.2, -0.15) is 0 Å². The third kappa shape index (κ3) is 1.57. The fourth-order valence-corrected chi connectivity index (χ4v) is 1.47. The summed E-state index contributed by atoms with van der Waals surface area (Å²) in [6.07, 6.45) is 6.17. The lowest BCUT2D eigenvalue weighted by Crippen LogP contribution is -2.26. The van der Waals surface area contributed by atoms with Crippen LogP contribution in [0.1, 0.15) is 12.8 Å². The van der Waals surface area contributed by atoms with Crippen molar-refractivity contribution in [2.24, 2.45) is 0 Å². The topological polar surface area (TPSA) is 42.7 Å². The fraction of sp³-hybridized carbons (Fsp3) is 0.714. The molecule has 1 unspecified atom stereocenters. The molecule has 0 bridgehead atoms. The Bertz CT molecular complexity index is 200. The molecular formula is C7H12N4. The van der Waals surface area contributed by atoms with Crippen LogP contribution in [0.4, 0.5) is 0 Å². The van der Waals surface area contributed by atoms with Crippen LogP contribution in [0.25, 0.3) is 0 Å². The van der Waals surface area contributed by atoms with E-state index < -0.39 is 0 Å². The second-order valence-corrected chi connectivity index (χ2v) is 2.92. The molecule has 0 aliphatic carbocycles. The summed E-state index contributed by atoms with van der Waals surface area (Å²) in [6.45, 7) is 2.11. The fourth-order valence-electron chi connectivity index (χ4n) is 1.47. The van der Waals surface area contributed by atoms with Crippen LogP contribution in [0.3, 0.4) is 0 Å². The first-order chi connectivity index (χ1) is 5.45. The number of nitrogens with zero attached hydrogens (tertiary/aromatic N) is 3. The smallest absolute Gasteiger partial charge is 0.0692 e. The molecule has 1 aliphatic rings. The maximum Gasteiger partial charge on any atom is 0.0692 e. The average Bonchev–Trinajstić information content (AvgIpc) is 2.60. The first-order valence-electron chi connectivity index (χ1n) is 4.02. The van der Waals surface area contributed by atoms with E-state index in [-0.39, 0.29) is 0 Å². The minimum absolute atomic E-state index is 0.608. The van der Waals surface area contributed by atoms with Crippen molar-refractivity contribution in [1.29, 1.82) is 0 Å². The van der Waals surface area contributed by atoms with Crippen molar-refractivity contribution in [2.45, 2.75) is 25.4 Å². The molecule has 4 nitrogen and oxygen atoms in total. The molecule has 2 heterocycles. The van der Waals surface area contributed by atoms with E-state index in [0.717, 1.165) is 13.1 Å². The lowest BCUT2D eigenvalue weighted by molar-refractivity contribution is 0.466. The molecule has 1 N–H and O–H groups in total. The van der Waals surface area contributed by atoms with E-state index in [9.17, 15) is 0 Å². The molecule has 1 fully saturated rings. The van der Waals surface area contributed by atoms with Gasteiger partial charge in [-0.05, 0) is 19.4 Å². The molecule has 0 radical (unpaired) electrons. The van der Waals surface area contributed by atoms with Gasteiger partial charge >= 0.3 is 0 Å². The van der Waals surface area contributed by atoms with Crippen LogP contribution in [0.15, 0.2) is 12.4 Å². The molecule has 0 amide bonds. The highest BCUT2D eigenvalue weighted by Crippen LogP contribution is 2.05. The van der Waals surface area contributed by atoms with Gasteiger partial charge in [0.05, 0.1) is 12.7 Å². The summed E-state index contributed by atoms with van der Waals surface area (Å²) in [5, 5.41) is 11.1. The number of nitrogens with one attached hydrogen (secondary N) is 1. The van der Waals surface area contributed by atoms with Crippen molar-refractivity contribution >= 4 is 0 Å². The highest BCUT2D eigenvalue weighted by atomic mass is 15.4. The number of aromatic nitrogens is 3. The van der Waals surface area contributed by atoms with E-state index in [2.05, 4.69) is 15.6 Å². The minimum Gasteiger partial charge on any atom is -0.312 e. The molecule has 2 rings (SSSR count). The van der Waals surface area contributed by atoms with Crippen molar-refractivity contribution in [1.82, 2.24) is 20.3 Å². The Kier molecular flexibility index (Phi) is 1.85. The van der Waals surface area contributed by atoms with Crippen LogP contribution in [-0.2, 0) is 6.54 Å². The minimum atomic E-state index is 0.608. The van der Waals surface area contributed by atoms with Gasteiger partial charge in [-0.3, -0.25) is 4.68 Å². The van der Waals surface area contributed by atoms with E-state index in [1.54, 1.807) is 6.20 Å². The highest BCUT2D eigenvalue weighted by Gasteiger charge is 2.13. The van der Waals surface area contributed by atoms with Crippen LogP contribution in [0.2, 0.25) is 0 Å². The van der Waals surface area contributed by atoms with Gasteiger partial charge in [0.1, 0.15) is 0 Å². The Balaban J connectivity index is 1.90. The molecule has 0 spiro atoms. The summed E-state index contributed by atoms with van der Waals surface area (Å²) in [6, 6.07) is 0.608. The normalized spacial score (nSPS) is 24.2. The van der Waals surface area contributed by atoms with Crippen molar-refractivity contribution in [3.05, 3.63) is 12.4 Å². The van der Waals surface area contributed by atoms with Gasteiger partial charge in [0.15, 0.2) is 0 Å². The summed E-state index contributed by atoms with van der Waals surface area (Å²) in [5.41, 5.74) is 0. The lowest BCUT2D eigenvalue weighted by Gasteiger charge is -2.08. The van der Waals surface area contributed by atoms with Crippen LogP contribution in [-0.4, -0.2) is 27.6 Å². The van der Waals surface area contributed by atoms with Gasteiger partial charge in [0.2, 0.25) is 0 Å². The van der Waals surface area contributed by atoms with E-state index in [4.69, 9.17) is 0 Å². The molecule has 0 saturated carbocycles. The molecule has 1 atom stereocenters. The zero-order chi connectivity index (χ0) is 7.52. The Morgan fingerprint density at radius 3 is 3.27 bits per heavy atom. The van der Waals surface area contributed by atoms with E-state index in [1.165, 1.54) is 12.8 Å². The Morgan fingerprint density at radius 2 is 2.64 bits per heavy atom. The predicted molar refractivity (Wildman–Crippen MR) is 41.0 cm³/mol. The Hall–Kier alpha value is -0.900. The number of rotatable bonds is 2. The van der Waals surface area contributed by atoms with Crippen LogP contribution in [0.5, 0.6) is 0 Å². The van der Waals surface area contributed by atoms with E-state index >= 15 is 0 Å². The van der Waals surface area contributed by atoms with Gasteiger partial charge in [0, 0.05) is 12.2 Å². The number of hydrogen-bond acceptors (Lipinski definition) is 3. The molecule has 60 valence electrons. The Morgan fingerprint density at radius 1 is 1.64 bits per heavy atom. The molecule has 0 aromatic carbocycles. The monoisotopic (exact) mass is 152 g/mol. The van der Waals surface area contributed by atoms with Crippen LogP contribution in [0, 0.1) is 0 Å². The maximum atomic E-state index is 3.91. The standard InChI is InChI=1S/C7H12N4/c1-2-7(8-3-1)6-11-5-4-9-10-11/h4-5,7-8H,1-3,6H2. The quantitative estimate of drug-likeness (QED) is 0.650. The van der Waals surface area contributed by atoms with Gasteiger partial charge in [0.25, 0.3) is 0 Å². The van der Waals surface area contributed by atoms with E-state index in [1.807, 2.05) is 10.9 Å². The molecule has 11 heavy (non-hydrogen) atoms. The van der Waals surface area contributed by atoms with Crippen LogP contribution >= 0.6 is 0 Å². The van der Waals surface area contributed by atoms with Crippen molar-refractivity contribution in [3.8, 4) is 0 Å². The molecule has 1 aromatic rings. The maximum absolute atomic E-state index is 3.91. The second-order valence-electron chi connectivity index (χ2n) is 2.92. The van der Waals surface area contributed by atoms with Crippen LogP contribution < -0.4 is 5.32 Å². The summed E-state index contributed by atoms with van der Waals surface area (Å²) < 4.78 is 1.88. The van der Waals surface area contributed by atoms with Gasteiger partial charge in [-0.15, -0.1) is 5.10 Å². The average molecular weight is 152 g/mol. The van der Waals surface area contributed by atoms with E-state index in [0.29, 0.717) is 6.04 Å². The highest BCUT2D eigenvalue weighted by molar-refractivity contribution is 4.75.